The lowest BCUT2D eigenvalue weighted by Crippen LogP contribution is -2.48. The van der Waals surface area contributed by atoms with Crippen LogP contribution >= 0.6 is 0 Å². The Morgan fingerprint density at radius 2 is 1.59 bits per heavy atom. The molecule has 0 radical (unpaired) electrons. The molecule has 0 aromatic heterocycles. The minimum absolute atomic E-state index is 0.550. The van der Waals surface area contributed by atoms with Crippen molar-refractivity contribution in [2.45, 2.75) is 0 Å². The molecule has 0 rings (SSSR count). The van der Waals surface area contributed by atoms with E-state index in [1.54, 1.807) is 5.48 Å². The topological polar surface area (TPSA) is 165 Å². The number of rotatable bonds is 7. The van der Waals surface area contributed by atoms with Crippen molar-refractivity contribution in [3.8, 4) is 0 Å². The van der Waals surface area contributed by atoms with Crippen molar-refractivity contribution >= 4 is 23.8 Å². The Morgan fingerprint density at radius 3 is 1.94 bits per heavy atom. The number of nitrogens with zero attached hydrogens (tertiary/aromatic N) is 1. The number of carboxylic acids is 1. The summed E-state index contributed by atoms with van der Waals surface area (Å²) < 4.78 is 0. The van der Waals surface area contributed by atoms with Gasteiger partial charge in [0.2, 0.25) is 11.8 Å². The third-order valence-electron chi connectivity index (χ3n) is 1.34. The highest BCUT2D eigenvalue weighted by Crippen LogP contribution is 1.89. The summed E-state index contributed by atoms with van der Waals surface area (Å²) in [5.74, 6) is -3.03. The molecule has 0 unspecified atom stereocenters. The molecule has 0 aromatic rings. The molecule has 0 atom stereocenters. The van der Waals surface area contributed by atoms with Crippen LogP contribution in [-0.2, 0) is 19.2 Å². The molecule has 0 spiro atoms. The minimum atomic E-state index is -1.30. The second-order valence-electron chi connectivity index (χ2n) is 2.88. The molecular formula is C7H12N4O6. The molecule has 0 saturated carbocycles. The largest absolute Gasteiger partial charge is 0.479 e. The van der Waals surface area contributed by atoms with E-state index in [0.29, 0.717) is 4.90 Å². The van der Waals surface area contributed by atoms with Gasteiger partial charge in [-0.3, -0.25) is 14.4 Å². The summed E-state index contributed by atoms with van der Waals surface area (Å²) in [6.45, 7) is -1.87. The number of carboxylic acid groups (broad SMARTS) is 1. The molecular weight excluding hydrogens is 236 g/mol. The molecule has 0 fully saturated rings. The van der Waals surface area contributed by atoms with Crippen LogP contribution in [0.1, 0.15) is 0 Å². The second kappa shape index (κ2) is 7.00. The van der Waals surface area contributed by atoms with Gasteiger partial charge in [0.15, 0.2) is 6.61 Å². The molecule has 0 bridgehead atoms. The monoisotopic (exact) mass is 248 g/mol. The average Bonchev–Trinajstić information content (AvgIpc) is 2.14. The zero-order valence-corrected chi connectivity index (χ0v) is 8.71. The summed E-state index contributed by atoms with van der Waals surface area (Å²) in [5.41, 5.74) is 11.4. The fraction of sp³-hybridized carbons (Fsp3) is 0.429. The predicted octanol–water partition coefficient (Wildman–Crippen LogP) is -3.02. The Kier molecular flexibility index (Phi) is 6.03. The fourth-order valence-electron chi connectivity index (χ4n) is 0.800. The lowest BCUT2D eigenvalue weighted by atomic mass is 10.4. The molecule has 4 amide bonds. The maximum absolute atomic E-state index is 11.3. The predicted molar refractivity (Wildman–Crippen MR) is 52.1 cm³/mol. The lowest BCUT2D eigenvalue weighted by Gasteiger charge is -2.19. The van der Waals surface area contributed by atoms with Gasteiger partial charge in [0, 0.05) is 0 Å². The number of urea groups is 1. The van der Waals surface area contributed by atoms with E-state index in [0.717, 1.165) is 0 Å². The molecule has 10 heteroatoms. The van der Waals surface area contributed by atoms with Crippen molar-refractivity contribution in [2.24, 2.45) is 11.5 Å². The normalized spacial score (nSPS) is 9.41. The van der Waals surface area contributed by atoms with Crippen molar-refractivity contribution in [2.75, 3.05) is 19.7 Å². The number of nitrogens with two attached hydrogens (primary N) is 2. The summed E-state index contributed by atoms with van der Waals surface area (Å²) >= 11 is 0. The van der Waals surface area contributed by atoms with Gasteiger partial charge < -0.3 is 21.5 Å². The minimum Gasteiger partial charge on any atom is -0.479 e. The molecule has 0 aromatic carbocycles. The Morgan fingerprint density at radius 1 is 1.12 bits per heavy atom. The molecule has 0 aliphatic heterocycles. The number of carbonyl (C=O) groups is 4. The van der Waals surface area contributed by atoms with Gasteiger partial charge in [-0.15, -0.1) is 0 Å². The zero-order chi connectivity index (χ0) is 13.4. The Balaban J connectivity index is 4.26. The summed E-state index contributed by atoms with van der Waals surface area (Å²) in [6.07, 6.45) is 0. The van der Waals surface area contributed by atoms with E-state index in [1.165, 1.54) is 0 Å². The molecule has 0 saturated heterocycles. The van der Waals surface area contributed by atoms with Gasteiger partial charge in [0.25, 0.3) is 0 Å². The van der Waals surface area contributed by atoms with Gasteiger partial charge in [-0.05, 0) is 0 Å². The van der Waals surface area contributed by atoms with Gasteiger partial charge in [0.05, 0.1) is 0 Å². The number of amides is 4. The number of primary amides is 2. The second-order valence-corrected chi connectivity index (χ2v) is 2.88. The number of hydrogen-bond acceptors (Lipinski definition) is 5. The fourth-order valence-corrected chi connectivity index (χ4v) is 0.800. The van der Waals surface area contributed by atoms with E-state index in [2.05, 4.69) is 4.84 Å². The van der Waals surface area contributed by atoms with Crippen LogP contribution in [0.5, 0.6) is 0 Å². The van der Waals surface area contributed by atoms with Crippen LogP contribution in [0.3, 0.4) is 0 Å². The number of hydroxylamine groups is 1. The molecule has 17 heavy (non-hydrogen) atoms. The average molecular weight is 248 g/mol. The van der Waals surface area contributed by atoms with E-state index in [1.807, 2.05) is 0 Å². The molecule has 6 N–H and O–H groups in total. The van der Waals surface area contributed by atoms with Crippen LogP contribution in [0, 0.1) is 0 Å². The first kappa shape index (κ1) is 14.6. The third kappa shape index (κ3) is 7.56. The number of nitrogens with one attached hydrogen (secondary N) is 1. The van der Waals surface area contributed by atoms with Gasteiger partial charge >= 0.3 is 12.0 Å². The summed E-state index contributed by atoms with van der Waals surface area (Å²) in [4.78, 5) is 47.5. The van der Waals surface area contributed by atoms with Crippen molar-refractivity contribution in [3.05, 3.63) is 0 Å². The van der Waals surface area contributed by atoms with Crippen LogP contribution in [0.25, 0.3) is 0 Å². The maximum atomic E-state index is 11.3. The van der Waals surface area contributed by atoms with E-state index in [9.17, 15) is 19.2 Å². The third-order valence-corrected chi connectivity index (χ3v) is 1.34. The molecule has 96 valence electrons. The molecule has 0 heterocycles. The summed E-state index contributed by atoms with van der Waals surface area (Å²) in [6, 6.07) is -0.996. The van der Waals surface area contributed by atoms with Gasteiger partial charge in [-0.2, -0.15) is 0 Å². The SMILES string of the molecule is NC(=O)CN(CC(N)=O)C(=O)NOCC(=O)O. The quantitative estimate of drug-likeness (QED) is 0.350. The van der Waals surface area contributed by atoms with Crippen LogP contribution in [0.2, 0.25) is 0 Å². The number of hydrogen-bond donors (Lipinski definition) is 4. The van der Waals surface area contributed by atoms with E-state index in [-0.39, 0.29) is 0 Å². The molecule has 0 aliphatic rings. The van der Waals surface area contributed by atoms with Crippen molar-refractivity contribution < 1.29 is 29.1 Å². The highest BCUT2D eigenvalue weighted by atomic mass is 16.7. The van der Waals surface area contributed by atoms with E-state index < -0.39 is 43.5 Å². The van der Waals surface area contributed by atoms with Gasteiger partial charge in [0.1, 0.15) is 13.1 Å². The highest BCUT2D eigenvalue weighted by molar-refractivity contribution is 5.87. The Labute approximate surface area is 95.4 Å². The van der Waals surface area contributed by atoms with Crippen molar-refractivity contribution in [1.82, 2.24) is 10.4 Å². The Hall–Kier alpha value is -2.36. The number of aliphatic carboxylic acids is 1. The summed E-state index contributed by atoms with van der Waals surface area (Å²) in [5, 5.41) is 8.22. The van der Waals surface area contributed by atoms with Gasteiger partial charge in [-0.1, -0.05) is 0 Å². The van der Waals surface area contributed by atoms with Gasteiger partial charge in [-0.25, -0.2) is 15.1 Å². The van der Waals surface area contributed by atoms with Crippen molar-refractivity contribution in [3.63, 3.8) is 0 Å². The Bertz CT molecular complexity index is 314. The van der Waals surface area contributed by atoms with E-state index in [4.69, 9.17) is 16.6 Å². The van der Waals surface area contributed by atoms with Crippen molar-refractivity contribution in [1.29, 1.82) is 0 Å². The molecule has 10 nitrogen and oxygen atoms in total. The standard InChI is InChI=1S/C7H12N4O6/c8-4(12)1-11(2-5(9)13)7(16)10-17-3-6(14)15/h1-3H2,(H2,8,12)(H2,9,13)(H,10,16)(H,14,15). The first-order valence-electron chi connectivity index (χ1n) is 4.28. The van der Waals surface area contributed by atoms with E-state index >= 15 is 0 Å². The maximum Gasteiger partial charge on any atom is 0.342 e. The smallest absolute Gasteiger partial charge is 0.342 e. The highest BCUT2D eigenvalue weighted by Gasteiger charge is 2.18. The lowest BCUT2D eigenvalue weighted by molar-refractivity contribution is -0.144. The molecule has 0 aliphatic carbocycles. The van der Waals surface area contributed by atoms with Crippen LogP contribution in [0.4, 0.5) is 4.79 Å². The zero-order valence-electron chi connectivity index (χ0n) is 8.71. The van der Waals surface area contributed by atoms with Crippen LogP contribution in [0.15, 0.2) is 0 Å². The number of carbonyl (C=O) groups excluding carboxylic acids is 3. The first-order valence-corrected chi connectivity index (χ1v) is 4.28. The first-order chi connectivity index (χ1) is 7.82. The summed E-state index contributed by atoms with van der Waals surface area (Å²) in [7, 11) is 0. The van der Waals surface area contributed by atoms with Crippen LogP contribution < -0.4 is 16.9 Å². The van der Waals surface area contributed by atoms with Crippen LogP contribution in [-0.4, -0.2) is 53.5 Å².